The second-order valence-corrected chi connectivity index (χ2v) is 4.51. The molecule has 1 heterocycles. The van der Waals surface area contributed by atoms with Crippen LogP contribution in [0, 0.1) is 0 Å². The van der Waals surface area contributed by atoms with Gasteiger partial charge in [0.1, 0.15) is 5.75 Å². The topological polar surface area (TPSA) is 27.7 Å². The fourth-order valence-corrected chi connectivity index (χ4v) is 2.50. The highest BCUT2D eigenvalue weighted by molar-refractivity contribution is 9.10. The van der Waals surface area contributed by atoms with E-state index in [1.54, 1.807) is 0 Å². The summed E-state index contributed by atoms with van der Waals surface area (Å²) in [5, 5.41) is 0.545. The Bertz CT molecular complexity index is 378. The molecule has 0 N–H and O–H groups in total. The number of hydrogen-bond donors (Lipinski definition) is 0. The third kappa shape index (κ3) is 2.35. The monoisotopic (exact) mass is 306 g/mol. The van der Waals surface area contributed by atoms with Crippen LogP contribution in [0.3, 0.4) is 0 Å². The smallest absolute Gasteiger partial charge is 0.186 e. The normalized spacial score (nSPS) is 16.7. The predicted molar refractivity (Wildman–Crippen MR) is 65.0 cm³/mol. The van der Waals surface area contributed by atoms with E-state index < -0.39 is 6.29 Å². The molecule has 1 saturated heterocycles. The first-order chi connectivity index (χ1) is 7.74. The van der Waals surface area contributed by atoms with Gasteiger partial charge in [0.15, 0.2) is 6.29 Å². The van der Waals surface area contributed by atoms with Crippen LogP contribution < -0.4 is 4.74 Å². The maximum atomic E-state index is 6.26. The summed E-state index contributed by atoms with van der Waals surface area (Å²) < 4.78 is 17.2. The Labute approximate surface area is 108 Å². The molecule has 0 aliphatic carbocycles. The Morgan fingerprint density at radius 2 is 2.12 bits per heavy atom. The van der Waals surface area contributed by atoms with Crippen molar-refractivity contribution in [2.45, 2.75) is 13.2 Å². The van der Waals surface area contributed by atoms with Gasteiger partial charge >= 0.3 is 0 Å². The highest BCUT2D eigenvalue weighted by atomic mass is 79.9. The van der Waals surface area contributed by atoms with Crippen LogP contribution in [-0.2, 0) is 9.47 Å². The van der Waals surface area contributed by atoms with Gasteiger partial charge < -0.3 is 14.2 Å². The van der Waals surface area contributed by atoms with Crippen LogP contribution >= 0.6 is 27.5 Å². The Morgan fingerprint density at radius 3 is 2.75 bits per heavy atom. The fraction of sp³-hybridized carbons (Fsp3) is 0.455. The molecular formula is C11H12BrClO3. The molecule has 0 radical (unpaired) electrons. The lowest BCUT2D eigenvalue weighted by atomic mass is 10.2. The van der Waals surface area contributed by atoms with Crippen LogP contribution in [-0.4, -0.2) is 19.8 Å². The average Bonchev–Trinajstić information content (AvgIpc) is 2.76. The summed E-state index contributed by atoms with van der Waals surface area (Å²) in [4.78, 5) is 0. The molecule has 0 unspecified atom stereocenters. The van der Waals surface area contributed by atoms with Crippen molar-refractivity contribution in [2.24, 2.45) is 0 Å². The molecule has 88 valence electrons. The van der Waals surface area contributed by atoms with E-state index in [1.807, 2.05) is 19.1 Å². The average molecular weight is 308 g/mol. The van der Waals surface area contributed by atoms with Gasteiger partial charge in [0.25, 0.3) is 0 Å². The van der Waals surface area contributed by atoms with E-state index in [0.29, 0.717) is 30.6 Å². The molecule has 5 heteroatoms. The molecule has 0 amide bonds. The Kier molecular flexibility index (Phi) is 4.08. The molecule has 0 spiro atoms. The highest BCUT2D eigenvalue weighted by Gasteiger charge is 2.25. The number of ether oxygens (including phenoxy) is 3. The minimum Gasteiger partial charge on any atom is -0.492 e. The van der Waals surface area contributed by atoms with Crippen LogP contribution in [0.15, 0.2) is 16.6 Å². The molecule has 3 nitrogen and oxygen atoms in total. The lowest BCUT2D eigenvalue weighted by molar-refractivity contribution is -0.0446. The highest BCUT2D eigenvalue weighted by Crippen LogP contribution is 2.40. The third-order valence-corrected chi connectivity index (χ3v) is 3.33. The largest absolute Gasteiger partial charge is 0.492 e. The van der Waals surface area contributed by atoms with E-state index in [4.69, 9.17) is 25.8 Å². The zero-order chi connectivity index (χ0) is 11.5. The maximum Gasteiger partial charge on any atom is 0.186 e. The maximum absolute atomic E-state index is 6.26. The number of benzene rings is 1. The summed E-state index contributed by atoms with van der Waals surface area (Å²) in [5.41, 5.74) is 0.796. The SMILES string of the molecule is CCOc1ccc(Br)c(C2OCCO2)c1Cl. The summed E-state index contributed by atoms with van der Waals surface area (Å²) >= 11 is 9.70. The van der Waals surface area contributed by atoms with Crippen LogP contribution in [0.5, 0.6) is 5.75 Å². The van der Waals surface area contributed by atoms with Gasteiger partial charge in [-0.3, -0.25) is 0 Å². The summed E-state index contributed by atoms with van der Waals surface area (Å²) in [6.45, 7) is 3.67. The minimum absolute atomic E-state index is 0.401. The van der Waals surface area contributed by atoms with Crippen molar-refractivity contribution in [3.63, 3.8) is 0 Å². The Hall–Kier alpha value is -0.290. The first-order valence-corrected chi connectivity index (χ1v) is 6.25. The van der Waals surface area contributed by atoms with E-state index in [9.17, 15) is 0 Å². The minimum atomic E-state index is -0.401. The van der Waals surface area contributed by atoms with Crippen molar-refractivity contribution in [3.05, 3.63) is 27.2 Å². The van der Waals surface area contributed by atoms with Crippen LogP contribution in [0.2, 0.25) is 5.02 Å². The van der Waals surface area contributed by atoms with Gasteiger partial charge in [-0.25, -0.2) is 0 Å². The van der Waals surface area contributed by atoms with Crippen LogP contribution in [0.25, 0.3) is 0 Å². The van der Waals surface area contributed by atoms with E-state index in [-0.39, 0.29) is 0 Å². The summed E-state index contributed by atoms with van der Waals surface area (Å²) in [6, 6.07) is 3.71. The fourth-order valence-electron chi connectivity index (χ4n) is 1.56. The van der Waals surface area contributed by atoms with Crippen molar-refractivity contribution in [1.29, 1.82) is 0 Å². The quantitative estimate of drug-likeness (QED) is 0.855. The molecule has 1 aromatic carbocycles. The van der Waals surface area contributed by atoms with E-state index in [2.05, 4.69) is 15.9 Å². The first kappa shape index (κ1) is 12.2. The van der Waals surface area contributed by atoms with Gasteiger partial charge in [-0.05, 0) is 19.1 Å². The molecular weight excluding hydrogens is 295 g/mol. The number of hydrogen-bond acceptors (Lipinski definition) is 3. The first-order valence-electron chi connectivity index (χ1n) is 5.08. The summed E-state index contributed by atoms with van der Waals surface area (Å²) in [5.74, 6) is 0.654. The molecule has 16 heavy (non-hydrogen) atoms. The number of halogens is 2. The van der Waals surface area contributed by atoms with Crippen molar-refractivity contribution >= 4 is 27.5 Å². The van der Waals surface area contributed by atoms with Gasteiger partial charge in [0.05, 0.1) is 24.8 Å². The molecule has 0 saturated carbocycles. The second kappa shape index (κ2) is 5.36. The summed E-state index contributed by atoms with van der Waals surface area (Å²) in [6.07, 6.45) is -0.401. The van der Waals surface area contributed by atoms with E-state index in [1.165, 1.54) is 0 Å². The van der Waals surface area contributed by atoms with Crippen molar-refractivity contribution in [3.8, 4) is 5.75 Å². The molecule has 1 fully saturated rings. The predicted octanol–water partition coefficient (Wildman–Crippen LogP) is 3.55. The Balaban J connectivity index is 2.37. The zero-order valence-corrected chi connectivity index (χ0v) is 11.2. The molecule has 2 rings (SSSR count). The van der Waals surface area contributed by atoms with Gasteiger partial charge in [-0.15, -0.1) is 0 Å². The lowest BCUT2D eigenvalue weighted by Crippen LogP contribution is -2.02. The van der Waals surface area contributed by atoms with Crippen molar-refractivity contribution in [2.75, 3.05) is 19.8 Å². The van der Waals surface area contributed by atoms with Gasteiger partial charge in [-0.1, -0.05) is 27.5 Å². The molecule has 1 aliphatic rings. The standard InChI is InChI=1S/C11H12BrClO3/c1-2-14-8-4-3-7(12)9(10(8)13)11-15-5-6-16-11/h3-4,11H,2,5-6H2,1H3. The second-order valence-electron chi connectivity index (χ2n) is 3.28. The number of rotatable bonds is 3. The molecule has 1 aromatic rings. The zero-order valence-electron chi connectivity index (χ0n) is 8.83. The molecule has 0 bridgehead atoms. The van der Waals surface area contributed by atoms with E-state index in [0.717, 1.165) is 10.0 Å². The lowest BCUT2D eigenvalue weighted by Gasteiger charge is -2.16. The molecule has 1 aliphatic heterocycles. The van der Waals surface area contributed by atoms with E-state index >= 15 is 0 Å². The van der Waals surface area contributed by atoms with Crippen molar-refractivity contribution in [1.82, 2.24) is 0 Å². The third-order valence-electron chi connectivity index (χ3n) is 2.25. The summed E-state index contributed by atoms with van der Waals surface area (Å²) in [7, 11) is 0. The van der Waals surface area contributed by atoms with Gasteiger partial charge in [0.2, 0.25) is 0 Å². The van der Waals surface area contributed by atoms with Crippen molar-refractivity contribution < 1.29 is 14.2 Å². The van der Waals surface area contributed by atoms with Gasteiger partial charge in [0, 0.05) is 10.0 Å². The van der Waals surface area contributed by atoms with Gasteiger partial charge in [-0.2, -0.15) is 0 Å². The van der Waals surface area contributed by atoms with Crippen LogP contribution in [0.1, 0.15) is 18.8 Å². The Morgan fingerprint density at radius 1 is 1.44 bits per heavy atom. The molecule has 0 aromatic heterocycles. The molecule has 0 atom stereocenters. The van der Waals surface area contributed by atoms with Crippen LogP contribution in [0.4, 0.5) is 0 Å².